The summed E-state index contributed by atoms with van der Waals surface area (Å²) >= 11 is 3.19. The smallest absolute Gasteiger partial charge is 0.385 e. The minimum Gasteiger partial charge on any atom is -0.385 e. The van der Waals surface area contributed by atoms with Crippen molar-refractivity contribution >= 4 is 42.1 Å². The second-order valence-electron chi connectivity index (χ2n) is 5.75. The summed E-state index contributed by atoms with van der Waals surface area (Å²) in [6.07, 6.45) is -4.86. The van der Waals surface area contributed by atoms with Crippen molar-refractivity contribution in [2.45, 2.75) is 23.6 Å². The molecule has 2 aromatic rings. The van der Waals surface area contributed by atoms with Gasteiger partial charge in [0, 0.05) is 12.1 Å². The highest BCUT2D eigenvalue weighted by Gasteiger charge is 2.31. The highest BCUT2D eigenvalue weighted by molar-refractivity contribution is 9.18. The summed E-state index contributed by atoms with van der Waals surface area (Å²) in [5, 5.41) is 6.60. The minimum absolute atomic E-state index is 0.0737. The van der Waals surface area contributed by atoms with Gasteiger partial charge in [-0.2, -0.15) is 13.2 Å². The number of alkyl halides is 3. The summed E-state index contributed by atoms with van der Waals surface area (Å²) < 4.78 is 65.3. The van der Waals surface area contributed by atoms with Crippen LogP contribution in [-0.4, -0.2) is 25.1 Å². The number of anilines is 2. The molecule has 0 saturated heterocycles. The minimum atomic E-state index is -4.43. The number of nitrogens with one attached hydrogen (secondary N) is 2. The van der Waals surface area contributed by atoms with Crippen molar-refractivity contribution in [2.24, 2.45) is 5.16 Å². The highest BCUT2D eigenvalue weighted by Crippen LogP contribution is 2.34. The van der Waals surface area contributed by atoms with E-state index in [0.29, 0.717) is 16.7 Å². The lowest BCUT2D eigenvalue weighted by molar-refractivity contribution is -0.137. The molecule has 0 fully saturated rings. The van der Waals surface area contributed by atoms with Gasteiger partial charge in [-0.05, 0) is 59.4 Å². The summed E-state index contributed by atoms with van der Waals surface area (Å²) in [5.41, 5.74) is -0.284. The Morgan fingerprint density at radius 3 is 2.39 bits per heavy atom. The average Bonchev–Trinajstić information content (AvgIpc) is 3.07. The lowest BCUT2D eigenvalue weighted by Crippen LogP contribution is -2.22. The Labute approximate surface area is 167 Å². The van der Waals surface area contributed by atoms with Gasteiger partial charge in [0.25, 0.3) is 0 Å². The fraction of sp³-hybridized carbons (Fsp3) is 0.250. The van der Waals surface area contributed by atoms with Gasteiger partial charge in [-0.1, -0.05) is 5.16 Å². The van der Waals surface area contributed by atoms with Crippen LogP contribution in [0, 0.1) is 0 Å². The summed E-state index contributed by atoms with van der Waals surface area (Å²) in [6, 6.07) is 7.15. The molecule has 12 heteroatoms. The number of rotatable bonds is 5. The first kappa shape index (κ1) is 20.6. The number of halogens is 4. The number of hydrogen-bond donors (Lipinski definition) is 2. The molecule has 0 saturated carbocycles. The molecule has 0 aliphatic carbocycles. The Hall–Kier alpha value is -2.18. The molecule has 1 atom stereocenters. The van der Waals surface area contributed by atoms with Gasteiger partial charge in [0.05, 0.1) is 5.56 Å². The van der Waals surface area contributed by atoms with Gasteiger partial charge in [0.1, 0.15) is 21.0 Å². The van der Waals surface area contributed by atoms with E-state index in [1.54, 1.807) is 0 Å². The Kier molecular flexibility index (Phi) is 5.64. The van der Waals surface area contributed by atoms with Crippen molar-refractivity contribution in [1.29, 1.82) is 0 Å². The first-order valence-electron chi connectivity index (χ1n) is 7.87. The predicted molar refractivity (Wildman–Crippen MR) is 100 cm³/mol. The second-order valence-corrected chi connectivity index (χ2v) is 8.52. The molecule has 1 aliphatic heterocycles. The fourth-order valence-electron chi connectivity index (χ4n) is 2.48. The van der Waals surface area contributed by atoms with Crippen LogP contribution >= 0.6 is 15.9 Å². The molecule has 150 valence electrons. The van der Waals surface area contributed by atoms with Crippen molar-refractivity contribution in [3.05, 3.63) is 47.7 Å². The van der Waals surface area contributed by atoms with Crippen LogP contribution in [0.15, 0.2) is 46.4 Å². The van der Waals surface area contributed by atoms with Crippen LogP contribution in [0.2, 0.25) is 0 Å². The zero-order valence-corrected chi connectivity index (χ0v) is 16.7. The number of aromatic nitrogens is 1. The number of nitrogens with zero attached hydrogens (tertiary/aromatic N) is 2. The average molecular weight is 479 g/mol. The van der Waals surface area contributed by atoms with Gasteiger partial charge < -0.3 is 10.2 Å². The van der Waals surface area contributed by atoms with Crippen molar-refractivity contribution in [3.63, 3.8) is 0 Å². The van der Waals surface area contributed by atoms with Crippen LogP contribution in [0.3, 0.4) is 0 Å². The van der Waals surface area contributed by atoms with Crippen molar-refractivity contribution in [3.8, 4) is 0 Å². The maximum Gasteiger partial charge on any atom is 0.416 e. The first-order valence-corrected chi connectivity index (χ1v) is 10.1. The quantitative estimate of drug-likeness (QED) is 0.679. The molecular formula is C16H14BrF3N4O3S. The third-order valence-electron chi connectivity index (χ3n) is 3.87. The van der Waals surface area contributed by atoms with Gasteiger partial charge in [0.15, 0.2) is 6.10 Å². The van der Waals surface area contributed by atoms with Gasteiger partial charge >= 0.3 is 6.18 Å². The van der Waals surface area contributed by atoms with Crippen LogP contribution in [0.5, 0.6) is 0 Å². The highest BCUT2D eigenvalue weighted by atomic mass is 79.9. The van der Waals surface area contributed by atoms with E-state index >= 15 is 0 Å². The van der Waals surface area contributed by atoms with E-state index in [2.05, 4.69) is 36.1 Å². The molecule has 7 nitrogen and oxygen atoms in total. The Morgan fingerprint density at radius 1 is 1.18 bits per heavy atom. The lowest BCUT2D eigenvalue weighted by Gasteiger charge is -2.15. The first-order chi connectivity index (χ1) is 13.1. The zero-order valence-electron chi connectivity index (χ0n) is 14.3. The fourth-order valence-corrected chi connectivity index (χ4v) is 3.78. The van der Waals surface area contributed by atoms with Crippen molar-refractivity contribution in [2.75, 3.05) is 12.4 Å². The molecule has 0 spiro atoms. The molecule has 2 N–H and O–H groups in total. The Morgan fingerprint density at radius 2 is 1.86 bits per heavy atom. The molecule has 28 heavy (non-hydrogen) atoms. The van der Waals surface area contributed by atoms with Crippen LogP contribution in [0.4, 0.5) is 24.7 Å². The monoisotopic (exact) mass is 478 g/mol. The Bertz CT molecular complexity index is 1010. The standard InChI is InChI=1S/C16H14BrF3N4O3S/c1-21-28(25,26)12-6-7-14(23-15(12)11-8-13(17)24-27-11)22-10-4-2-9(3-5-10)16(18,19)20/h2-7,11,21H,8H2,1H3,(H,22,23). The summed E-state index contributed by atoms with van der Waals surface area (Å²) in [6.45, 7) is 0. The van der Waals surface area contributed by atoms with Crippen molar-refractivity contribution in [1.82, 2.24) is 9.71 Å². The van der Waals surface area contributed by atoms with Crippen LogP contribution < -0.4 is 10.0 Å². The van der Waals surface area contributed by atoms with Gasteiger partial charge in [-0.3, -0.25) is 0 Å². The molecular weight excluding hydrogens is 465 g/mol. The molecule has 1 aromatic heterocycles. The summed E-state index contributed by atoms with van der Waals surface area (Å²) in [4.78, 5) is 9.45. The number of hydrogen-bond acceptors (Lipinski definition) is 6. The maximum absolute atomic E-state index is 12.7. The van der Waals surface area contributed by atoms with Crippen LogP contribution in [0.25, 0.3) is 0 Å². The largest absolute Gasteiger partial charge is 0.416 e. The molecule has 0 radical (unpaired) electrons. The van der Waals surface area contributed by atoms with Crippen LogP contribution in [-0.2, 0) is 21.0 Å². The van der Waals surface area contributed by atoms with Gasteiger partial charge in [-0.25, -0.2) is 18.1 Å². The van der Waals surface area contributed by atoms with Crippen LogP contribution in [0.1, 0.15) is 23.8 Å². The van der Waals surface area contributed by atoms with Crippen molar-refractivity contribution < 1.29 is 26.4 Å². The number of benzene rings is 1. The number of oxime groups is 1. The van der Waals surface area contributed by atoms with E-state index in [9.17, 15) is 21.6 Å². The summed E-state index contributed by atoms with van der Waals surface area (Å²) in [7, 11) is -2.53. The van der Waals surface area contributed by atoms with E-state index in [1.165, 1.54) is 31.3 Å². The molecule has 0 bridgehead atoms. The molecule has 2 heterocycles. The number of pyridine rings is 1. The molecule has 3 rings (SSSR count). The normalized spacial score (nSPS) is 17.2. The molecule has 0 amide bonds. The third-order valence-corrected chi connectivity index (χ3v) is 5.80. The van der Waals surface area contributed by atoms with E-state index in [1.807, 2.05) is 0 Å². The van der Waals surface area contributed by atoms with Gasteiger partial charge in [0.2, 0.25) is 10.0 Å². The Balaban J connectivity index is 1.92. The lowest BCUT2D eigenvalue weighted by atomic mass is 10.2. The maximum atomic E-state index is 12.7. The zero-order chi connectivity index (χ0) is 20.5. The SMILES string of the molecule is CNS(=O)(=O)c1ccc(Nc2ccc(C(F)(F)F)cc2)nc1C1CC(Br)=NO1. The third kappa shape index (κ3) is 4.45. The summed E-state index contributed by atoms with van der Waals surface area (Å²) in [5.74, 6) is 0.247. The number of sulfonamides is 1. The van der Waals surface area contributed by atoms with E-state index < -0.39 is 27.9 Å². The van der Waals surface area contributed by atoms with Gasteiger partial charge in [-0.15, -0.1) is 0 Å². The molecule has 1 aliphatic rings. The molecule has 1 aromatic carbocycles. The predicted octanol–water partition coefficient (Wildman–Crippen LogP) is 3.92. The van der Waals surface area contributed by atoms with E-state index in [-0.39, 0.29) is 16.4 Å². The molecule has 1 unspecified atom stereocenters. The second kappa shape index (κ2) is 7.68. The van der Waals surface area contributed by atoms with E-state index in [0.717, 1.165) is 12.1 Å². The van der Waals surface area contributed by atoms with E-state index in [4.69, 9.17) is 4.84 Å². The topological polar surface area (TPSA) is 92.7 Å².